The van der Waals surface area contributed by atoms with Crippen LogP contribution in [0, 0.1) is 0 Å². The molecule has 1 aliphatic rings. The van der Waals surface area contributed by atoms with E-state index in [0.29, 0.717) is 24.3 Å². The summed E-state index contributed by atoms with van der Waals surface area (Å²) in [4.78, 5) is 11.8. The highest BCUT2D eigenvalue weighted by atomic mass is 16.5. The van der Waals surface area contributed by atoms with Crippen molar-refractivity contribution in [2.45, 2.75) is 24.9 Å². The first kappa shape index (κ1) is 13.7. The van der Waals surface area contributed by atoms with Crippen LogP contribution in [0.4, 0.5) is 0 Å². The number of carbonyl (C=O) groups is 1. The molecule has 0 fully saturated rings. The number of ether oxygens (including phenoxy) is 3. The zero-order valence-corrected chi connectivity index (χ0v) is 11.3. The van der Waals surface area contributed by atoms with Crippen molar-refractivity contribution in [3.05, 3.63) is 23.3 Å². The molecule has 0 bridgehead atoms. The number of hydrogen-bond donors (Lipinski definition) is 1. The van der Waals surface area contributed by atoms with Crippen molar-refractivity contribution in [2.24, 2.45) is 0 Å². The number of aliphatic hydroxyl groups is 1. The molecule has 0 saturated heterocycles. The van der Waals surface area contributed by atoms with Gasteiger partial charge in [-0.3, -0.25) is 4.79 Å². The Kier molecular flexibility index (Phi) is 3.95. The van der Waals surface area contributed by atoms with Crippen LogP contribution in [0.5, 0.6) is 11.5 Å². The van der Waals surface area contributed by atoms with Crippen LogP contribution < -0.4 is 9.47 Å². The molecule has 2 atom stereocenters. The number of hydrogen-bond acceptors (Lipinski definition) is 5. The standard InChI is InChI=1S/C14H18O5/c1-17-11-7-5-8-9(13(11)18-2)4-6-10(15)12(8)14(16)19-3/h5,7,10,12,15H,4,6H2,1-3H3. The van der Waals surface area contributed by atoms with Crippen molar-refractivity contribution in [1.82, 2.24) is 0 Å². The van der Waals surface area contributed by atoms with E-state index in [0.717, 1.165) is 11.1 Å². The Morgan fingerprint density at radius 2 is 2.00 bits per heavy atom. The SMILES string of the molecule is COC(=O)C1c2ccc(OC)c(OC)c2CCC1O. The summed E-state index contributed by atoms with van der Waals surface area (Å²) in [6.07, 6.45) is 0.416. The van der Waals surface area contributed by atoms with E-state index < -0.39 is 18.0 Å². The van der Waals surface area contributed by atoms with Crippen LogP contribution in [0.25, 0.3) is 0 Å². The average Bonchev–Trinajstić information content (AvgIpc) is 2.44. The molecular weight excluding hydrogens is 248 g/mol. The number of fused-ring (bicyclic) bond motifs is 1. The maximum Gasteiger partial charge on any atom is 0.315 e. The van der Waals surface area contributed by atoms with Gasteiger partial charge < -0.3 is 19.3 Å². The fraction of sp³-hybridized carbons (Fsp3) is 0.500. The first-order valence-corrected chi connectivity index (χ1v) is 6.13. The molecule has 1 aliphatic carbocycles. The lowest BCUT2D eigenvalue weighted by molar-refractivity contribution is -0.145. The number of esters is 1. The molecule has 0 heterocycles. The van der Waals surface area contributed by atoms with Crippen LogP contribution in [0.2, 0.25) is 0 Å². The van der Waals surface area contributed by atoms with Crippen molar-refractivity contribution >= 4 is 5.97 Å². The largest absolute Gasteiger partial charge is 0.493 e. The van der Waals surface area contributed by atoms with Crippen molar-refractivity contribution in [3.63, 3.8) is 0 Å². The molecule has 104 valence electrons. The topological polar surface area (TPSA) is 65.0 Å². The Hall–Kier alpha value is -1.75. The van der Waals surface area contributed by atoms with Gasteiger partial charge in [-0.1, -0.05) is 6.07 Å². The van der Waals surface area contributed by atoms with Gasteiger partial charge in [-0.15, -0.1) is 0 Å². The van der Waals surface area contributed by atoms with E-state index in [-0.39, 0.29) is 0 Å². The van der Waals surface area contributed by atoms with Crippen LogP contribution in [-0.2, 0) is 16.0 Å². The fourth-order valence-corrected chi connectivity index (χ4v) is 2.63. The summed E-state index contributed by atoms with van der Waals surface area (Å²) in [5.74, 6) is 0.163. The van der Waals surface area contributed by atoms with Crippen molar-refractivity contribution in [1.29, 1.82) is 0 Å². The minimum Gasteiger partial charge on any atom is -0.493 e. The van der Waals surface area contributed by atoms with Crippen LogP contribution in [0.15, 0.2) is 12.1 Å². The molecule has 0 aromatic heterocycles. The first-order chi connectivity index (χ1) is 9.13. The van der Waals surface area contributed by atoms with Crippen molar-refractivity contribution < 1.29 is 24.1 Å². The molecule has 5 heteroatoms. The van der Waals surface area contributed by atoms with Crippen LogP contribution in [0.3, 0.4) is 0 Å². The Morgan fingerprint density at radius 1 is 1.26 bits per heavy atom. The third kappa shape index (κ3) is 2.26. The number of methoxy groups -OCH3 is 3. The molecule has 1 N–H and O–H groups in total. The van der Waals surface area contributed by atoms with Gasteiger partial charge in [0.15, 0.2) is 11.5 Å². The summed E-state index contributed by atoms with van der Waals surface area (Å²) in [6.45, 7) is 0. The third-order valence-electron chi connectivity index (χ3n) is 3.55. The van der Waals surface area contributed by atoms with Gasteiger partial charge >= 0.3 is 5.97 Å². The second-order valence-corrected chi connectivity index (χ2v) is 4.48. The predicted molar refractivity (Wildman–Crippen MR) is 68.6 cm³/mol. The summed E-state index contributed by atoms with van der Waals surface area (Å²) in [5, 5.41) is 10.0. The van der Waals surface area contributed by atoms with E-state index in [4.69, 9.17) is 14.2 Å². The fourth-order valence-electron chi connectivity index (χ4n) is 2.63. The van der Waals surface area contributed by atoms with E-state index in [2.05, 4.69) is 0 Å². The smallest absolute Gasteiger partial charge is 0.315 e. The van der Waals surface area contributed by atoms with Gasteiger partial charge in [-0.2, -0.15) is 0 Å². The highest BCUT2D eigenvalue weighted by molar-refractivity contribution is 5.80. The summed E-state index contributed by atoms with van der Waals surface area (Å²) in [5.41, 5.74) is 1.66. The van der Waals surface area contributed by atoms with Crippen molar-refractivity contribution in [2.75, 3.05) is 21.3 Å². The second kappa shape index (κ2) is 5.48. The predicted octanol–water partition coefficient (Wildman–Crippen LogP) is 1.27. The molecule has 2 rings (SSSR count). The summed E-state index contributed by atoms with van der Waals surface area (Å²) < 4.78 is 15.4. The molecule has 0 saturated carbocycles. The average molecular weight is 266 g/mol. The van der Waals surface area contributed by atoms with Crippen LogP contribution >= 0.6 is 0 Å². The lowest BCUT2D eigenvalue weighted by Crippen LogP contribution is -2.32. The van der Waals surface area contributed by atoms with E-state index in [1.54, 1.807) is 26.4 Å². The lowest BCUT2D eigenvalue weighted by Gasteiger charge is -2.30. The zero-order chi connectivity index (χ0) is 14.0. The Bertz CT molecular complexity index is 483. The molecular formula is C14H18O5. The van der Waals surface area contributed by atoms with Crippen LogP contribution in [-0.4, -0.2) is 38.5 Å². The van der Waals surface area contributed by atoms with Crippen LogP contribution in [0.1, 0.15) is 23.5 Å². The monoisotopic (exact) mass is 266 g/mol. The lowest BCUT2D eigenvalue weighted by atomic mass is 9.80. The summed E-state index contributed by atoms with van der Waals surface area (Å²) in [7, 11) is 4.46. The quantitative estimate of drug-likeness (QED) is 0.835. The van der Waals surface area contributed by atoms with E-state index in [1.165, 1.54) is 7.11 Å². The normalized spacial score (nSPS) is 21.5. The third-order valence-corrected chi connectivity index (χ3v) is 3.55. The van der Waals surface area contributed by atoms with Gasteiger partial charge in [-0.05, 0) is 24.5 Å². The molecule has 1 aromatic carbocycles. The van der Waals surface area contributed by atoms with E-state index in [1.807, 2.05) is 0 Å². The second-order valence-electron chi connectivity index (χ2n) is 4.48. The van der Waals surface area contributed by atoms with Gasteiger partial charge in [0.2, 0.25) is 0 Å². The molecule has 0 spiro atoms. The number of aliphatic hydroxyl groups excluding tert-OH is 1. The summed E-state index contributed by atoms with van der Waals surface area (Å²) >= 11 is 0. The summed E-state index contributed by atoms with van der Waals surface area (Å²) in [6, 6.07) is 3.53. The number of carbonyl (C=O) groups excluding carboxylic acids is 1. The van der Waals surface area contributed by atoms with E-state index >= 15 is 0 Å². The van der Waals surface area contributed by atoms with Gasteiger partial charge in [0.1, 0.15) is 5.92 Å². The Labute approximate surface area is 112 Å². The molecule has 19 heavy (non-hydrogen) atoms. The number of rotatable bonds is 3. The first-order valence-electron chi connectivity index (χ1n) is 6.13. The van der Waals surface area contributed by atoms with Gasteiger partial charge in [0.25, 0.3) is 0 Å². The van der Waals surface area contributed by atoms with E-state index in [9.17, 15) is 9.90 Å². The molecule has 2 unspecified atom stereocenters. The minimum atomic E-state index is -0.724. The minimum absolute atomic E-state index is 0.430. The van der Waals surface area contributed by atoms with Gasteiger partial charge in [0.05, 0.1) is 27.4 Å². The molecule has 5 nitrogen and oxygen atoms in total. The number of benzene rings is 1. The Morgan fingerprint density at radius 3 is 2.58 bits per heavy atom. The maximum absolute atomic E-state index is 11.8. The molecule has 0 aliphatic heterocycles. The highest BCUT2D eigenvalue weighted by Crippen LogP contribution is 2.42. The maximum atomic E-state index is 11.8. The van der Waals surface area contributed by atoms with Gasteiger partial charge in [-0.25, -0.2) is 0 Å². The Balaban J connectivity index is 2.54. The zero-order valence-electron chi connectivity index (χ0n) is 11.3. The van der Waals surface area contributed by atoms with Gasteiger partial charge in [0, 0.05) is 5.56 Å². The molecule has 1 aromatic rings. The van der Waals surface area contributed by atoms with Crippen molar-refractivity contribution in [3.8, 4) is 11.5 Å². The highest BCUT2D eigenvalue weighted by Gasteiger charge is 2.36. The molecule has 0 radical (unpaired) electrons. The molecule has 0 amide bonds.